The molecule has 1 heterocycles. The maximum Gasteiger partial charge on any atom is 0.573 e. The molecule has 1 aliphatic rings. The molecule has 1 N–H and O–H groups in total. The minimum Gasteiger partial charge on any atom is -0.406 e. The molecule has 9 heteroatoms. The van der Waals surface area contributed by atoms with Crippen molar-refractivity contribution in [1.29, 1.82) is 0 Å². The van der Waals surface area contributed by atoms with Crippen LogP contribution in [0.1, 0.15) is 11.6 Å². The molecule has 0 saturated carbocycles. The Balaban J connectivity index is 0.00000242. The molecule has 0 amide bonds. The molecule has 2 rings (SSSR count). The highest BCUT2D eigenvalue weighted by molar-refractivity contribution is 5.85. The number of alkyl halides is 4. The fraction of sp³-hybridized carbons (Fsp3) is 0.538. The maximum absolute atomic E-state index is 13.8. The third-order valence-corrected chi connectivity index (χ3v) is 3.30. The third-order valence-electron chi connectivity index (χ3n) is 3.30. The Morgan fingerprint density at radius 3 is 2.41 bits per heavy atom. The van der Waals surface area contributed by atoms with Crippen LogP contribution in [0.15, 0.2) is 18.2 Å². The zero-order valence-corrected chi connectivity index (χ0v) is 12.3. The lowest BCUT2D eigenvalue weighted by Crippen LogP contribution is -2.45. The summed E-state index contributed by atoms with van der Waals surface area (Å²) < 4.78 is 67.5. The number of nitrogens with zero attached hydrogens (tertiary/aromatic N) is 1. The molecule has 1 fully saturated rings. The molecule has 1 aromatic carbocycles. The van der Waals surface area contributed by atoms with Crippen molar-refractivity contribution in [2.45, 2.75) is 12.4 Å². The van der Waals surface area contributed by atoms with E-state index >= 15 is 0 Å². The highest BCUT2D eigenvalue weighted by Crippen LogP contribution is 2.30. The first kappa shape index (κ1) is 18.9. The van der Waals surface area contributed by atoms with E-state index in [2.05, 4.69) is 10.1 Å². The van der Waals surface area contributed by atoms with Gasteiger partial charge in [-0.1, -0.05) is 0 Å². The molecule has 0 spiro atoms. The summed E-state index contributed by atoms with van der Waals surface area (Å²) in [4.78, 5) is 1.70. The molecule has 0 unspecified atom stereocenters. The summed E-state index contributed by atoms with van der Waals surface area (Å²) in [5, 5.41) is 3.07. The van der Waals surface area contributed by atoms with Gasteiger partial charge in [-0.3, -0.25) is 4.90 Å². The second kappa shape index (κ2) is 7.94. The highest BCUT2D eigenvalue weighted by atomic mass is 35.5. The molecule has 0 bridgehead atoms. The Morgan fingerprint density at radius 1 is 1.23 bits per heavy atom. The molecule has 1 aliphatic heterocycles. The van der Waals surface area contributed by atoms with Gasteiger partial charge in [0.25, 0.3) is 0 Å². The smallest absolute Gasteiger partial charge is 0.406 e. The molecule has 0 aromatic heterocycles. The van der Waals surface area contributed by atoms with Crippen LogP contribution in [0.4, 0.5) is 22.0 Å². The van der Waals surface area contributed by atoms with E-state index in [1.807, 2.05) is 0 Å². The quantitative estimate of drug-likeness (QED) is 0.848. The van der Waals surface area contributed by atoms with E-state index in [0.29, 0.717) is 26.2 Å². The van der Waals surface area contributed by atoms with Crippen LogP contribution in [-0.2, 0) is 0 Å². The van der Waals surface area contributed by atoms with Gasteiger partial charge < -0.3 is 10.1 Å². The summed E-state index contributed by atoms with van der Waals surface area (Å²) in [6.07, 6.45) is -4.87. The summed E-state index contributed by atoms with van der Waals surface area (Å²) in [6.45, 7) is 1.36. The lowest BCUT2D eigenvalue weighted by Gasteiger charge is -2.33. The van der Waals surface area contributed by atoms with Crippen LogP contribution < -0.4 is 10.1 Å². The van der Waals surface area contributed by atoms with Gasteiger partial charge in [-0.25, -0.2) is 8.78 Å². The standard InChI is InChI=1S/C13H15F5N2O.ClH/c14-8-12(20-5-3-19-4-6-20)10-7-9(1-2-11(10)15)21-13(16,17)18;/h1-2,7,12,19H,3-6,8H2;1H/t12-;/m1./s1. The highest BCUT2D eigenvalue weighted by Gasteiger charge is 2.32. The third kappa shape index (κ3) is 4.96. The van der Waals surface area contributed by atoms with E-state index in [9.17, 15) is 22.0 Å². The van der Waals surface area contributed by atoms with Crippen molar-refractivity contribution < 1.29 is 26.7 Å². The average Bonchev–Trinajstić information content (AvgIpc) is 2.43. The Morgan fingerprint density at radius 2 is 1.86 bits per heavy atom. The number of rotatable bonds is 4. The van der Waals surface area contributed by atoms with Crippen molar-refractivity contribution >= 4 is 12.4 Å². The van der Waals surface area contributed by atoms with Crippen LogP contribution in [0, 0.1) is 5.82 Å². The molecule has 3 nitrogen and oxygen atoms in total. The predicted molar refractivity (Wildman–Crippen MR) is 73.5 cm³/mol. The molecule has 1 atom stereocenters. The topological polar surface area (TPSA) is 24.5 Å². The number of hydrogen-bond acceptors (Lipinski definition) is 3. The minimum atomic E-state index is -4.87. The first-order valence-corrected chi connectivity index (χ1v) is 6.46. The van der Waals surface area contributed by atoms with Gasteiger partial charge in [0.15, 0.2) is 0 Å². The first-order valence-electron chi connectivity index (χ1n) is 6.46. The van der Waals surface area contributed by atoms with Gasteiger partial charge in [0, 0.05) is 31.7 Å². The van der Waals surface area contributed by atoms with Crippen molar-refractivity contribution in [1.82, 2.24) is 10.2 Å². The van der Waals surface area contributed by atoms with Gasteiger partial charge >= 0.3 is 6.36 Å². The summed E-state index contributed by atoms with van der Waals surface area (Å²) >= 11 is 0. The van der Waals surface area contributed by atoms with E-state index in [0.717, 1.165) is 18.2 Å². The van der Waals surface area contributed by atoms with Gasteiger partial charge in [-0.05, 0) is 18.2 Å². The van der Waals surface area contributed by atoms with E-state index in [1.54, 1.807) is 4.90 Å². The summed E-state index contributed by atoms with van der Waals surface area (Å²) in [6, 6.07) is 1.74. The number of ether oxygens (including phenoxy) is 1. The van der Waals surface area contributed by atoms with Gasteiger partial charge in [0.05, 0.1) is 6.04 Å². The zero-order valence-electron chi connectivity index (χ0n) is 11.5. The van der Waals surface area contributed by atoms with Crippen molar-refractivity contribution in [3.8, 4) is 5.75 Å². The van der Waals surface area contributed by atoms with Crippen LogP contribution in [0.2, 0.25) is 0 Å². The number of nitrogens with one attached hydrogen (secondary N) is 1. The Kier molecular flexibility index (Phi) is 6.83. The fourth-order valence-corrected chi connectivity index (χ4v) is 2.35. The fourth-order valence-electron chi connectivity index (χ4n) is 2.35. The largest absolute Gasteiger partial charge is 0.573 e. The predicted octanol–water partition coefficient (Wildman–Crippen LogP) is 3.06. The first-order chi connectivity index (χ1) is 9.90. The minimum absolute atomic E-state index is 0. The second-order valence-electron chi connectivity index (χ2n) is 4.69. The van der Waals surface area contributed by atoms with Gasteiger partial charge in [0.2, 0.25) is 0 Å². The molecule has 126 valence electrons. The van der Waals surface area contributed by atoms with E-state index < -0.39 is 30.6 Å². The Bertz CT molecular complexity index is 480. The average molecular weight is 347 g/mol. The van der Waals surface area contributed by atoms with Crippen LogP contribution in [0.5, 0.6) is 5.75 Å². The summed E-state index contributed by atoms with van der Waals surface area (Å²) in [5.74, 6) is -1.29. The number of hydrogen-bond donors (Lipinski definition) is 1. The molecule has 1 saturated heterocycles. The lowest BCUT2D eigenvalue weighted by molar-refractivity contribution is -0.274. The van der Waals surface area contributed by atoms with Gasteiger partial charge in [-0.15, -0.1) is 25.6 Å². The summed E-state index contributed by atoms with van der Waals surface area (Å²) in [7, 11) is 0. The Labute approximate surface area is 130 Å². The lowest BCUT2D eigenvalue weighted by atomic mass is 10.0. The van der Waals surface area contributed by atoms with E-state index in [1.165, 1.54) is 0 Å². The molecule has 1 aromatic rings. The van der Waals surface area contributed by atoms with Gasteiger partial charge in [-0.2, -0.15) is 0 Å². The Hall–Kier alpha value is -1.12. The van der Waals surface area contributed by atoms with Crippen molar-refractivity contribution in [3.05, 3.63) is 29.6 Å². The van der Waals surface area contributed by atoms with E-state index in [4.69, 9.17) is 0 Å². The molecule has 0 aliphatic carbocycles. The SMILES string of the molecule is Cl.FC[C@H](c1cc(OC(F)(F)F)ccc1F)N1CCNCC1. The van der Waals surface area contributed by atoms with Crippen LogP contribution >= 0.6 is 12.4 Å². The number of halogens is 6. The van der Waals surface area contributed by atoms with Gasteiger partial charge in [0.1, 0.15) is 18.2 Å². The van der Waals surface area contributed by atoms with Crippen LogP contribution in [0.25, 0.3) is 0 Å². The molecular weight excluding hydrogens is 331 g/mol. The molecule has 22 heavy (non-hydrogen) atoms. The maximum atomic E-state index is 13.8. The molecular formula is C13H16ClF5N2O. The summed E-state index contributed by atoms with van der Waals surface area (Å²) in [5.41, 5.74) is -0.124. The van der Waals surface area contributed by atoms with Crippen LogP contribution in [-0.4, -0.2) is 44.1 Å². The van der Waals surface area contributed by atoms with Crippen molar-refractivity contribution in [2.24, 2.45) is 0 Å². The van der Waals surface area contributed by atoms with Crippen molar-refractivity contribution in [2.75, 3.05) is 32.9 Å². The molecule has 0 radical (unpaired) electrons. The number of benzene rings is 1. The second-order valence-corrected chi connectivity index (χ2v) is 4.69. The van der Waals surface area contributed by atoms with E-state index in [-0.39, 0.29) is 18.0 Å². The van der Waals surface area contributed by atoms with Crippen LogP contribution in [0.3, 0.4) is 0 Å². The van der Waals surface area contributed by atoms with Crippen molar-refractivity contribution in [3.63, 3.8) is 0 Å². The monoisotopic (exact) mass is 346 g/mol. The zero-order chi connectivity index (χ0) is 15.5. The normalized spacial score (nSPS) is 17.7. The number of piperazine rings is 1.